The molecule has 0 aromatic carbocycles. The van der Waals surface area contributed by atoms with Gasteiger partial charge in [0.1, 0.15) is 5.60 Å². The number of aliphatic hydroxyl groups is 1. The Balaban J connectivity index is 2.69. The standard InChI is InChI=1S/C10H14ClF3N2O/c1-9(17,4-3-5-10(12,13)14)8-7(11)6-15-16(8)2/h6,17H,3-5H2,1-2H3. The van der Waals surface area contributed by atoms with E-state index >= 15 is 0 Å². The predicted molar refractivity (Wildman–Crippen MR) is 57.7 cm³/mol. The van der Waals surface area contributed by atoms with Gasteiger partial charge in [0.2, 0.25) is 0 Å². The minimum Gasteiger partial charge on any atom is -0.384 e. The van der Waals surface area contributed by atoms with Crippen molar-refractivity contribution in [2.24, 2.45) is 7.05 Å². The second kappa shape index (κ2) is 4.86. The van der Waals surface area contributed by atoms with Crippen molar-refractivity contribution in [1.29, 1.82) is 0 Å². The highest BCUT2D eigenvalue weighted by Crippen LogP contribution is 2.33. The molecule has 0 saturated carbocycles. The van der Waals surface area contributed by atoms with E-state index < -0.39 is 18.2 Å². The Morgan fingerprint density at radius 1 is 1.41 bits per heavy atom. The maximum atomic E-state index is 12.0. The molecule has 1 unspecified atom stereocenters. The summed E-state index contributed by atoms with van der Waals surface area (Å²) >= 11 is 5.83. The van der Waals surface area contributed by atoms with E-state index in [2.05, 4.69) is 5.10 Å². The number of hydrogen-bond acceptors (Lipinski definition) is 2. The minimum atomic E-state index is -4.20. The van der Waals surface area contributed by atoms with Crippen LogP contribution in [0.2, 0.25) is 5.02 Å². The number of rotatable bonds is 4. The van der Waals surface area contributed by atoms with Crippen LogP contribution in [0.25, 0.3) is 0 Å². The van der Waals surface area contributed by atoms with Gasteiger partial charge in [0, 0.05) is 13.5 Å². The van der Waals surface area contributed by atoms with Crippen molar-refractivity contribution < 1.29 is 18.3 Å². The summed E-state index contributed by atoms with van der Waals surface area (Å²) in [4.78, 5) is 0. The van der Waals surface area contributed by atoms with Gasteiger partial charge in [-0.2, -0.15) is 18.3 Å². The zero-order valence-corrected chi connectivity index (χ0v) is 10.3. The normalized spacial score (nSPS) is 15.9. The van der Waals surface area contributed by atoms with Crippen molar-refractivity contribution in [2.75, 3.05) is 0 Å². The number of alkyl halides is 3. The van der Waals surface area contributed by atoms with Crippen molar-refractivity contribution in [1.82, 2.24) is 9.78 Å². The Morgan fingerprint density at radius 2 is 2.00 bits per heavy atom. The Labute approximate surface area is 102 Å². The molecule has 1 rings (SSSR count). The second-order valence-electron chi connectivity index (χ2n) is 4.21. The van der Waals surface area contributed by atoms with Crippen LogP contribution >= 0.6 is 11.6 Å². The van der Waals surface area contributed by atoms with Crippen LogP contribution in [0.15, 0.2) is 6.20 Å². The quantitative estimate of drug-likeness (QED) is 0.913. The Bertz CT molecular complexity index is 368. The molecule has 0 saturated heterocycles. The molecular weight excluding hydrogens is 257 g/mol. The summed E-state index contributed by atoms with van der Waals surface area (Å²) in [5.41, 5.74) is -1.07. The van der Waals surface area contributed by atoms with E-state index in [0.29, 0.717) is 5.69 Å². The fourth-order valence-electron chi connectivity index (χ4n) is 1.77. The van der Waals surface area contributed by atoms with E-state index in [9.17, 15) is 18.3 Å². The maximum Gasteiger partial charge on any atom is 0.389 e. The average molecular weight is 271 g/mol. The summed E-state index contributed by atoms with van der Waals surface area (Å²) in [6.45, 7) is 1.44. The van der Waals surface area contributed by atoms with Crippen molar-refractivity contribution in [2.45, 2.75) is 38.0 Å². The molecule has 1 aromatic rings. The van der Waals surface area contributed by atoms with Gasteiger partial charge in [-0.05, 0) is 19.8 Å². The molecule has 0 amide bonds. The number of aromatic nitrogens is 2. The van der Waals surface area contributed by atoms with Gasteiger partial charge < -0.3 is 5.11 Å². The first-order chi connectivity index (χ1) is 7.63. The summed E-state index contributed by atoms with van der Waals surface area (Å²) in [6, 6.07) is 0. The molecule has 1 atom stereocenters. The lowest BCUT2D eigenvalue weighted by molar-refractivity contribution is -0.137. The zero-order valence-electron chi connectivity index (χ0n) is 9.55. The molecule has 0 aliphatic carbocycles. The van der Waals surface area contributed by atoms with Crippen LogP contribution in [0.5, 0.6) is 0 Å². The van der Waals surface area contributed by atoms with Crippen LogP contribution in [0.4, 0.5) is 13.2 Å². The third kappa shape index (κ3) is 3.89. The topological polar surface area (TPSA) is 38.0 Å². The zero-order chi connectivity index (χ0) is 13.3. The van der Waals surface area contributed by atoms with E-state index in [1.54, 1.807) is 7.05 Å². The van der Waals surface area contributed by atoms with E-state index in [1.807, 2.05) is 0 Å². The van der Waals surface area contributed by atoms with Crippen LogP contribution < -0.4 is 0 Å². The maximum absolute atomic E-state index is 12.0. The van der Waals surface area contributed by atoms with Crippen molar-refractivity contribution in [3.05, 3.63) is 16.9 Å². The van der Waals surface area contributed by atoms with Crippen molar-refractivity contribution in [3.63, 3.8) is 0 Å². The molecule has 1 N–H and O–H groups in total. The third-order valence-electron chi connectivity index (χ3n) is 2.53. The first-order valence-electron chi connectivity index (χ1n) is 5.10. The molecule has 0 spiro atoms. The molecule has 98 valence electrons. The largest absolute Gasteiger partial charge is 0.389 e. The van der Waals surface area contributed by atoms with Crippen LogP contribution in [0.3, 0.4) is 0 Å². The van der Waals surface area contributed by atoms with Gasteiger partial charge in [-0.15, -0.1) is 0 Å². The Morgan fingerprint density at radius 3 is 2.41 bits per heavy atom. The molecule has 1 heterocycles. The molecular formula is C10H14ClF3N2O. The number of hydrogen-bond donors (Lipinski definition) is 1. The lowest BCUT2D eigenvalue weighted by Gasteiger charge is -2.24. The van der Waals surface area contributed by atoms with Crippen LogP contribution in [-0.2, 0) is 12.6 Å². The van der Waals surface area contributed by atoms with Gasteiger partial charge >= 0.3 is 6.18 Å². The number of aryl methyl sites for hydroxylation is 1. The van der Waals surface area contributed by atoms with E-state index in [-0.39, 0.29) is 17.9 Å². The van der Waals surface area contributed by atoms with E-state index in [4.69, 9.17) is 11.6 Å². The van der Waals surface area contributed by atoms with Crippen LogP contribution in [-0.4, -0.2) is 21.1 Å². The molecule has 1 aromatic heterocycles. The van der Waals surface area contributed by atoms with Crippen molar-refractivity contribution in [3.8, 4) is 0 Å². The molecule has 0 fully saturated rings. The van der Waals surface area contributed by atoms with Gasteiger partial charge in [0.05, 0.1) is 16.9 Å². The molecule has 0 bridgehead atoms. The highest BCUT2D eigenvalue weighted by molar-refractivity contribution is 6.31. The number of halogens is 4. The fourth-order valence-corrected chi connectivity index (χ4v) is 2.14. The van der Waals surface area contributed by atoms with Gasteiger partial charge in [0.25, 0.3) is 0 Å². The smallest absolute Gasteiger partial charge is 0.384 e. The minimum absolute atomic E-state index is 0.0221. The summed E-state index contributed by atoms with van der Waals surface area (Å²) in [5.74, 6) is 0. The first kappa shape index (κ1) is 14.3. The van der Waals surface area contributed by atoms with Crippen LogP contribution in [0, 0.1) is 0 Å². The van der Waals surface area contributed by atoms with Gasteiger partial charge in [0.15, 0.2) is 0 Å². The molecule has 17 heavy (non-hydrogen) atoms. The fraction of sp³-hybridized carbons (Fsp3) is 0.700. The van der Waals surface area contributed by atoms with Gasteiger partial charge in [-0.1, -0.05) is 11.6 Å². The average Bonchev–Trinajstić information content (AvgIpc) is 2.43. The SMILES string of the molecule is Cn1ncc(Cl)c1C(C)(O)CCCC(F)(F)F. The lowest BCUT2D eigenvalue weighted by Crippen LogP contribution is -2.25. The molecule has 3 nitrogen and oxygen atoms in total. The molecule has 0 aliphatic heterocycles. The first-order valence-corrected chi connectivity index (χ1v) is 5.48. The highest BCUT2D eigenvalue weighted by atomic mass is 35.5. The highest BCUT2D eigenvalue weighted by Gasteiger charge is 2.32. The van der Waals surface area contributed by atoms with Gasteiger partial charge in [-0.3, -0.25) is 4.68 Å². The van der Waals surface area contributed by atoms with Crippen molar-refractivity contribution >= 4 is 11.6 Å². The Hall–Kier alpha value is -0.750. The summed E-state index contributed by atoms with van der Waals surface area (Å²) in [7, 11) is 1.58. The molecule has 7 heteroatoms. The molecule has 0 radical (unpaired) electrons. The predicted octanol–water partition coefficient (Wildman–Crippen LogP) is 3.01. The van der Waals surface area contributed by atoms with Crippen LogP contribution in [0.1, 0.15) is 31.9 Å². The summed E-state index contributed by atoms with van der Waals surface area (Å²) < 4.78 is 37.4. The summed E-state index contributed by atoms with van der Waals surface area (Å²) in [6.07, 6.45) is -3.94. The third-order valence-corrected chi connectivity index (χ3v) is 2.80. The lowest BCUT2D eigenvalue weighted by atomic mass is 9.95. The van der Waals surface area contributed by atoms with E-state index in [1.165, 1.54) is 17.8 Å². The second-order valence-corrected chi connectivity index (χ2v) is 4.61. The van der Waals surface area contributed by atoms with Gasteiger partial charge in [-0.25, -0.2) is 0 Å². The Kier molecular flexibility index (Phi) is 4.09. The molecule has 0 aliphatic rings. The monoisotopic (exact) mass is 270 g/mol. The summed E-state index contributed by atoms with van der Waals surface area (Å²) in [5, 5.41) is 14.2. The van der Waals surface area contributed by atoms with E-state index in [0.717, 1.165) is 0 Å². The number of nitrogens with zero attached hydrogens (tertiary/aromatic N) is 2.